The maximum absolute atomic E-state index is 5.92. The van der Waals surface area contributed by atoms with E-state index in [1.54, 1.807) is 0 Å². The Hall–Kier alpha value is -1.03. The Bertz CT molecular complexity index is 376. The number of nitrogen functional groups attached to an aromatic ring is 1. The van der Waals surface area contributed by atoms with Crippen LogP contribution in [-0.4, -0.2) is 30.7 Å². The fraction of sp³-hybridized carbons (Fsp3) is 0.538. The van der Waals surface area contributed by atoms with Crippen molar-refractivity contribution >= 4 is 23.1 Å². The molecule has 1 fully saturated rings. The molecule has 0 spiro atoms. The van der Waals surface area contributed by atoms with Gasteiger partial charge >= 0.3 is 0 Å². The first-order valence-corrected chi connectivity index (χ1v) is 7.21. The standard InChI is InChI=1S/C13H20N2OS/c1-10(2)16-13-9-11(3-4-12(13)14)15-5-7-17-8-6-15/h3-4,9-10H,5-8,14H2,1-2H3. The minimum Gasteiger partial charge on any atom is -0.489 e. The van der Waals surface area contributed by atoms with Crippen LogP contribution >= 0.6 is 11.8 Å². The van der Waals surface area contributed by atoms with Crippen LogP contribution in [0.25, 0.3) is 0 Å². The Morgan fingerprint density at radius 1 is 1.29 bits per heavy atom. The Balaban J connectivity index is 2.17. The topological polar surface area (TPSA) is 38.5 Å². The fourth-order valence-electron chi connectivity index (χ4n) is 1.90. The van der Waals surface area contributed by atoms with Gasteiger partial charge in [-0.2, -0.15) is 11.8 Å². The molecular formula is C13H20N2OS. The second-order valence-electron chi connectivity index (χ2n) is 4.49. The largest absolute Gasteiger partial charge is 0.489 e. The number of rotatable bonds is 3. The number of benzene rings is 1. The van der Waals surface area contributed by atoms with Gasteiger partial charge in [0, 0.05) is 36.3 Å². The van der Waals surface area contributed by atoms with Crippen molar-refractivity contribution in [3.8, 4) is 5.75 Å². The molecule has 1 aromatic carbocycles. The molecule has 0 saturated carbocycles. The molecule has 1 aromatic rings. The maximum atomic E-state index is 5.92. The van der Waals surface area contributed by atoms with Gasteiger partial charge < -0.3 is 15.4 Å². The van der Waals surface area contributed by atoms with Crippen molar-refractivity contribution in [1.82, 2.24) is 0 Å². The molecule has 0 amide bonds. The molecule has 0 bridgehead atoms. The summed E-state index contributed by atoms with van der Waals surface area (Å²) in [6.45, 7) is 6.25. The zero-order chi connectivity index (χ0) is 12.3. The number of hydrogen-bond acceptors (Lipinski definition) is 4. The molecule has 1 aliphatic rings. The summed E-state index contributed by atoms with van der Waals surface area (Å²) >= 11 is 2.01. The van der Waals surface area contributed by atoms with E-state index in [1.807, 2.05) is 31.7 Å². The van der Waals surface area contributed by atoms with Crippen molar-refractivity contribution in [2.75, 3.05) is 35.2 Å². The lowest BCUT2D eigenvalue weighted by Gasteiger charge is -2.29. The highest BCUT2D eigenvalue weighted by atomic mass is 32.2. The molecule has 0 radical (unpaired) electrons. The van der Waals surface area contributed by atoms with Crippen LogP contribution in [0.2, 0.25) is 0 Å². The van der Waals surface area contributed by atoms with Crippen molar-refractivity contribution in [2.45, 2.75) is 20.0 Å². The molecule has 0 aliphatic carbocycles. The molecule has 1 aliphatic heterocycles. The van der Waals surface area contributed by atoms with Gasteiger partial charge in [0.15, 0.2) is 0 Å². The van der Waals surface area contributed by atoms with Crippen molar-refractivity contribution in [3.05, 3.63) is 18.2 Å². The third-order valence-electron chi connectivity index (χ3n) is 2.74. The average Bonchev–Trinajstić information content (AvgIpc) is 2.32. The number of nitrogens with two attached hydrogens (primary N) is 1. The molecule has 1 saturated heterocycles. The van der Waals surface area contributed by atoms with Gasteiger partial charge in [0.25, 0.3) is 0 Å². The molecule has 17 heavy (non-hydrogen) atoms. The van der Waals surface area contributed by atoms with Gasteiger partial charge in [-0.05, 0) is 26.0 Å². The molecule has 0 unspecified atom stereocenters. The summed E-state index contributed by atoms with van der Waals surface area (Å²) in [5, 5.41) is 0. The van der Waals surface area contributed by atoms with Gasteiger partial charge in [-0.1, -0.05) is 0 Å². The predicted molar refractivity (Wildman–Crippen MR) is 76.2 cm³/mol. The maximum Gasteiger partial charge on any atom is 0.144 e. The molecule has 0 atom stereocenters. The summed E-state index contributed by atoms with van der Waals surface area (Å²) in [4.78, 5) is 2.39. The van der Waals surface area contributed by atoms with Crippen molar-refractivity contribution in [3.63, 3.8) is 0 Å². The lowest BCUT2D eigenvalue weighted by atomic mass is 10.2. The molecule has 94 valence electrons. The third kappa shape index (κ3) is 3.22. The smallest absolute Gasteiger partial charge is 0.144 e. The van der Waals surface area contributed by atoms with E-state index in [0.29, 0.717) is 5.69 Å². The fourth-order valence-corrected chi connectivity index (χ4v) is 2.80. The van der Waals surface area contributed by atoms with E-state index < -0.39 is 0 Å². The summed E-state index contributed by atoms with van der Waals surface area (Å²) in [6.07, 6.45) is 0.157. The highest BCUT2D eigenvalue weighted by molar-refractivity contribution is 7.99. The molecule has 2 rings (SSSR count). The van der Waals surface area contributed by atoms with Crippen LogP contribution in [0.3, 0.4) is 0 Å². The first kappa shape index (κ1) is 12.4. The van der Waals surface area contributed by atoms with Gasteiger partial charge in [0.2, 0.25) is 0 Å². The molecular weight excluding hydrogens is 232 g/mol. The second-order valence-corrected chi connectivity index (χ2v) is 5.71. The van der Waals surface area contributed by atoms with Crippen molar-refractivity contribution in [2.24, 2.45) is 0 Å². The minimum atomic E-state index is 0.157. The average molecular weight is 252 g/mol. The third-order valence-corrected chi connectivity index (χ3v) is 3.68. The van der Waals surface area contributed by atoms with Gasteiger partial charge in [0.1, 0.15) is 5.75 Å². The van der Waals surface area contributed by atoms with Gasteiger partial charge in [-0.3, -0.25) is 0 Å². The van der Waals surface area contributed by atoms with E-state index in [1.165, 1.54) is 17.2 Å². The first-order chi connectivity index (χ1) is 8.16. The van der Waals surface area contributed by atoms with E-state index >= 15 is 0 Å². The van der Waals surface area contributed by atoms with E-state index in [2.05, 4.69) is 17.0 Å². The van der Waals surface area contributed by atoms with E-state index in [-0.39, 0.29) is 6.10 Å². The number of anilines is 2. The van der Waals surface area contributed by atoms with Crippen LogP contribution in [0.15, 0.2) is 18.2 Å². The highest BCUT2D eigenvalue weighted by Gasteiger charge is 2.13. The molecule has 3 nitrogen and oxygen atoms in total. The van der Waals surface area contributed by atoms with Crippen LogP contribution in [-0.2, 0) is 0 Å². The van der Waals surface area contributed by atoms with Crippen LogP contribution in [0.4, 0.5) is 11.4 Å². The van der Waals surface area contributed by atoms with Gasteiger partial charge in [-0.25, -0.2) is 0 Å². The summed E-state index contributed by atoms with van der Waals surface area (Å²) < 4.78 is 5.72. The summed E-state index contributed by atoms with van der Waals surface area (Å²) in [6, 6.07) is 6.08. The Kier molecular flexibility index (Phi) is 4.05. The molecule has 1 heterocycles. The number of ether oxygens (including phenoxy) is 1. The summed E-state index contributed by atoms with van der Waals surface area (Å²) in [7, 11) is 0. The van der Waals surface area contributed by atoms with Crippen LogP contribution in [0.1, 0.15) is 13.8 Å². The van der Waals surface area contributed by atoms with Gasteiger partial charge in [-0.15, -0.1) is 0 Å². The van der Waals surface area contributed by atoms with E-state index in [9.17, 15) is 0 Å². The molecule has 0 aromatic heterocycles. The van der Waals surface area contributed by atoms with Crippen LogP contribution in [0, 0.1) is 0 Å². The van der Waals surface area contributed by atoms with Crippen LogP contribution < -0.4 is 15.4 Å². The lowest BCUT2D eigenvalue weighted by Crippen LogP contribution is -2.32. The number of nitrogens with zero attached hydrogens (tertiary/aromatic N) is 1. The normalized spacial score (nSPS) is 16.3. The Morgan fingerprint density at radius 2 is 2.00 bits per heavy atom. The zero-order valence-corrected chi connectivity index (χ0v) is 11.3. The Morgan fingerprint density at radius 3 is 2.65 bits per heavy atom. The predicted octanol–water partition coefficient (Wildman–Crippen LogP) is 2.61. The monoisotopic (exact) mass is 252 g/mol. The molecule has 4 heteroatoms. The van der Waals surface area contributed by atoms with Crippen LogP contribution in [0.5, 0.6) is 5.75 Å². The zero-order valence-electron chi connectivity index (χ0n) is 10.5. The Labute approximate surface area is 107 Å². The quantitative estimate of drug-likeness (QED) is 0.839. The van der Waals surface area contributed by atoms with E-state index in [0.717, 1.165) is 18.8 Å². The molecule has 2 N–H and O–H groups in total. The summed E-state index contributed by atoms with van der Waals surface area (Å²) in [5.74, 6) is 3.20. The number of hydrogen-bond donors (Lipinski definition) is 1. The first-order valence-electron chi connectivity index (χ1n) is 6.05. The van der Waals surface area contributed by atoms with Crippen molar-refractivity contribution in [1.29, 1.82) is 0 Å². The van der Waals surface area contributed by atoms with Crippen molar-refractivity contribution < 1.29 is 4.74 Å². The highest BCUT2D eigenvalue weighted by Crippen LogP contribution is 2.29. The number of thioether (sulfide) groups is 1. The second kappa shape index (κ2) is 5.54. The lowest BCUT2D eigenvalue weighted by molar-refractivity contribution is 0.244. The van der Waals surface area contributed by atoms with Gasteiger partial charge in [0.05, 0.1) is 11.8 Å². The summed E-state index contributed by atoms with van der Waals surface area (Å²) in [5.41, 5.74) is 7.85. The van der Waals surface area contributed by atoms with E-state index in [4.69, 9.17) is 10.5 Å². The SMILES string of the molecule is CC(C)Oc1cc(N2CCSCC2)ccc1N. The minimum absolute atomic E-state index is 0.157.